The van der Waals surface area contributed by atoms with Gasteiger partial charge >= 0.3 is 0 Å². The molecule has 126 valence electrons. The van der Waals surface area contributed by atoms with Crippen molar-refractivity contribution in [2.24, 2.45) is 0 Å². The van der Waals surface area contributed by atoms with E-state index in [2.05, 4.69) is 16.4 Å². The highest BCUT2D eigenvalue weighted by Crippen LogP contribution is 2.21. The standard InChI is InChI=1S/C15H20ClN3O4/c1-9(17)15(23)19-7-11(6-13(20)18-8-14(21)22)10-2-4-12(16)5-3-10/h2-5,9,11H,6-8,17H2,1H3,(H,18,20)(H,19,23)(H,21,22)/t9-,11-/m0/s1. The van der Waals surface area contributed by atoms with Crippen LogP contribution in [0.5, 0.6) is 0 Å². The molecule has 1 rings (SSSR count). The van der Waals surface area contributed by atoms with Crippen molar-refractivity contribution in [2.45, 2.75) is 25.3 Å². The van der Waals surface area contributed by atoms with Crippen molar-refractivity contribution < 1.29 is 25.2 Å². The van der Waals surface area contributed by atoms with Crippen LogP contribution in [-0.2, 0) is 14.4 Å². The zero-order valence-corrected chi connectivity index (χ0v) is 13.6. The third kappa shape index (κ3) is 7.12. The number of carboxylic acids is 1. The highest BCUT2D eigenvalue weighted by Gasteiger charge is 2.19. The smallest absolute Gasteiger partial charge is 0.277 e. The lowest BCUT2D eigenvalue weighted by atomic mass is 9.95. The predicted octanol–water partition coefficient (Wildman–Crippen LogP) is -1.57. The van der Waals surface area contributed by atoms with Crippen LogP contribution in [0.15, 0.2) is 24.3 Å². The molecule has 0 saturated carbocycles. The Bertz CT molecular complexity index is 560. The van der Waals surface area contributed by atoms with Crippen molar-refractivity contribution >= 4 is 29.4 Å². The van der Waals surface area contributed by atoms with Gasteiger partial charge in [-0.25, -0.2) is 0 Å². The minimum atomic E-state index is -1.36. The fourth-order valence-electron chi connectivity index (χ4n) is 1.91. The van der Waals surface area contributed by atoms with Gasteiger partial charge in [0.05, 0.1) is 12.5 Å². The number of quaternary nitrogens is 1. The Hall–Kier alpha value is -2.12. The first-order chi connectivity index (χ1) is 10.8. The summed E-state index contributed by atoms with van der Waals surface area (Å²) in [4.78, 5) is 33.9. The average Bonchev–Trinajstić information content (AvgIpc) is 2.49. The zero-order valence-electron chi connectivity index (χ0n) is 12.8. The molecule has 1 aromatic carbocycles. The molecule has 0 unspecified atom stereocenters. The Labute approximate surface area is 139 Å². The second-order valence-corrected chi connectivity index (χ2v) is 5.68. The van der Waals surface area contributed by atoms with Crippen LogP contribution in [0.2, 0.25) is 5.02 Å². The SMILES string of the molecule is C[C@H]([NH3+])C(=O)NC[C@H](CC(=O)NCC(=O)[O-])c1ccc(Cl)cc1. The predicted molar refractivity (Wildman–Crippen MR) is 82.2 cm³/mol. The normalized spacial score (nSPS) is 13.0. The van der Waals surface area contributed by atoms with Crippen LogP contribution in [-0.4, -0.2) is 36.9 Å². The van der Waals surface area contributed by atoms with Gasteiger partial charge < -0.3 is 26.3 Å². The molecule has 2 amide bonds. The third-order valence-corrected chi connectivity index (χ3v) is 3.43. The van der Waals surface area contributed by atoms with Crippen molar-refractivity contribution in [3.63, 3.8) is 0 Å². The maximum absolute atomic E-state index is 11.8. The number of nitrogens with one attached hydrogen (secondary N) is 2. The van der Waals surface area contributed by atoms with E-state index in [-0.39, 0.29) is 24.8 Å². The van der Waals surface area contributed by atoms with Gasteiger partial charge in [0, 0.05) is 23.9 Å². The molecule has 23 heavy (non-hydrogen) atoms. The molecule has 0 aromatic heterocycles. The molecule has 7 nitrogen and oxygen atoms in total. The van der Waals surface area contributed by atoms with Crippen molar-refractivity contribution in [2.75, 3.05) is 13.1 Å². The molecule has 0 spiro atoms. The zero-order chi connectivity index (χ0) is 17.4. The van der Waals surface area contributed by atoms with Gasteiger partial charge in [-0.3, -0.25) is 9.59 Å². The summed E-state index contributed by atoms with van der Waals surface area (Å²) in [7, 11) is 0. The summed E-state index contributed by atoms with van der Waals surface area (Å²) in [6.45, 7) is 1.35. The van der Waals surface area contributed by atoms with Crippen molar-refractivity contribution in [3.8, 4) is 0 Å². The summed E-state index contributed by atoms with van der Waals surface area (Å²) >= 11 is 5.85. The van der Waals surface area contributed by atoms with Crippen LogP contribution in [0.1, 0.15) is 24.8 Å². The lowest BCUT2D eigenvalue weighted by Gasteiger charge is -2.18. The molecule has 0 heterocycles. The topological polar surface area (TPSA) is 126 Å². The summed E-state index contributed by atoms with van der Waals surface area (Å²) in [6.07, 6.45) is 0.0285. The van der Waals surface area contributed by atoms with Gasteiger partial charge in [0.15, 0.2) is 6.04 Å². The van der Waals surface area contributed by atoms with Crippen LogP contribution >= 0.6 is 11.6 Å². The second kappa shape index (κ2) is 9.12. The van der Waals surface area contributed by atoms with Gasteiger partial charge in [0.25, 0.3) is 5.91 Å². The minimum absolute atomic E-state index is 0.0285. The van der Waals surface area contributed by atoms with E-state index in [0.29, 0.717) is 5.02 Å². The number of hydrogen-bond acceptors (Lipinski definition) is 4. The summed E-state index contributed by atoms with van der Waals surface area (Å²) < 4.78 is 0. The van der Waals surface area contributed by atoms with Gasteiger partial charge in [0.2, 0.25) is 5.91 Å². The van der Waals surface area contributed by atoms with E-state index in [1.807, 2.05) is 0 Å². The number of carboxylic acid groups (broad SMARTS) is 1. The van der Waals surface area contributed by atoms with Crippen LogP contribution in [0, 0.1) is 0 Å². The van der Waals surface area contributed by atoms with Crippen molar-refractivity contribution in [1.29, 1.82) is 0 Å². The van der Waals surface area contributed by atoms with Crippen molar-refractivity contribution in [3.05, 3.63) is 34.9 Å². The highest BCUT2D eigenvalue weighted by atomic mass is 35.5. The molecule has 1 aromatic rings. The van der Waals surface area contributed by atoms with E-state index in [1.165, 1.54) is 0 Å². The molecule has 0 bridgehead atoms. The van der Waals surface area contributed by atoms with E-state index in [0.717, 1.165) is 5.56 Å². The molecule has 0 radical (unpaired) electrons. The Kier molecular flexibility index (Phi) is 7.50. The van der Waals surface area contributed by atoms with Gasteiger partial charge in [-0.05, 0) is 24.6 Å². The van der Waals surface area contributed by atoms with Gasteiger partial charge in [-0.1, -0.05) is 23.7 Å². The number of aliphatic carboxylic acids is 1. The number of carbonyl (C=O) groups excluding carboxylic acids is 3. The van der Waals surface area contributed by atoms with E-state index >= 15 is 0 Å². The summed E-state index contributed by atoms with van der Waals surface area (Å²) in [5.74, 6) is -2.33. The molecular formula is C15H20ClN3O4. The molecule has 0 fully saturated rings. The molecule has 0 aliphatic rings. The second-order valence-electron chi connectivity index (χ2n) is 5.25. The molecule has 2 atom stereocenters. The van der Waals surface area contributed by atoms with E-state index in [1.54, 1.807) is 31.2 Å². The highest BCUT2D eigenvalue weighted by molar-refractivity contribution is 6.30. The van der Waals surface area contributed by atoms with Crippen LogP contribution < -0.4 is 21.5 Å². The first kappa shape index (κ1) is 18.9. The Morgan fingerprint density at radius 1 is 1.22 bits per heavy atom. The number of carbonyl (C=O) groups is 3. The van der Waals surface area contributed by atoms with Gasteiger partial charge in [-0.2, -0.15) is 0 Å². The number of rotatable bonds is 8. The Morgan fingerprint density at radius 2 is 1.83 bits per heavy atom. The maximum Gasteiger partial charge on any atom is 0.277 e. The lowest BCUT2D eigenvalue weighted by molar-refractivity contribution is -0.398. The molecule has 0 saturated heterocycles. The molecule has 8 heteroatoms. The summed E-state index contributed by atoms with van der Waals surface area (Å²) in [6, 6.07) is 6.49. The number of halogens is 1. The number of amides is 2. The fourth-order valence-corrected chi connectivity index (χ4v) is 2.03. The first-order valence-electron chi connectivity index (χ1n) is 7.12. The Morgan fingerprint density at radius 3 is 2.35 bits per heavy atom. The fraction of sp³-hybridized carbons (Fsp3) is 0.400. The molecular weight excluding hydrogens is 322 g/mol. The quantitative estimate of drug-likeness (QED) is 0.528. The maximum atomic E-state index is 11.8. The largest absolute Gasteiger partial charge is 0.548 e. The monoisotopic (exact) mass is 341 g/mol. The minimum Gasteiger partial charge on any atom is -0.548 e. The van der Waals surface area contributed by atoms with Gasteiger partial charge in [0.1, 0.15) is 0 Å². The average molecular weight is 342 g/mol. The van der Waals surface area contributed by atoms with E-state index < -0.39 is 24.5 Å². The first-order valence-corrected chi connectivity index (χ1v) is 7.50. The van der Waals surface area contributed by atoms with Crippen LogP contribution in [0.4, 0.5) is 0 Å². The molecule has 5 N–H and O–H groups in total. The van der Waals surface area contributed by atoms with E-state index in [4.69, 9.17) is 11.6 Å². The summed E-state index contributed by atoms with van der Waals surface area (Å²) in [5.41, 5.74) is 4.44. The van der Waals surface area contributed by atoms with E-state index in [9.17, 15) is 19.5 Å². The number of benzene rings is 1. The molecule has 0 aliphatic carbocycles. The summed E-state index contributed by atoms with van der Waals surface area (Å²) in [5, 5.41) is 15.9. The van der Waals surface area contributed by atoms with Crippen LogP contribution in [0.25, 0.3) is 0 Å². The van der Waals surface area contributed by atoms with Crippen LogP contribution in [0.3, 0.4) is 0 Å². The van der Waals surface area contributed by atoms with Gasteiger partial charge in [-0.15, -0.1) is 0 Å². The number of hydrogen-bond donors (Lipinski definition) is 3. The molecule has 0 aliphatic heterocycles. The van der Waals surface area contributed by atoms with Crippen molar-refractivity contribution in [1.82, 2.24) is 10.6 Å². The lowest BCUT2D eigenvalue weighted by Crippen LogP contribution is -2.66. The third-order valence-electron chi connectivity index (χ3n) is 3.17. The Balaban J connectivity index is 2.75.